The fraction of sp³-hybridized carbons (Fsp3) is 0.882. The Kier molecular flexibility index (Phi) is 44.1. The second-order valence-corrected chi connectivity index (χ2v) is 17.2. The number of ether oxygens (including phenoxy) is 1. The van der Waals surface area contributed by atoms with E-state index in [4.69, 9.17) is 4.74 Å². The smallest absolute Gasteiger partial charge is 0.306 e. The normalized spacial score (nSPS) is 13.4. The van der Waals surface area contributed by atoms with Crippen molar-refractivity contribution in [3.63, 3.8) is 0 Å². The van der Waals surface area contributed by atoms with Crippen LogP contribution in [0.3, 0.4) is 0 Å². The van der Waals surface area contributed by atoms with Gasteiger partial charge in [0.1, 0.15) is 6.10 Å². The lowest BCUT2D eigenvalue weighted by molar-refractivity contribution is -0.151. The monoisotopic (exact) mass is 804 g/mol. The maximum atomic E-state index is 13.2. The zero-order valence-corrected chi connectivity index (χ0v) is 38.2. The van der Waals surface area contributed by atoms with Gasteiger partial charge in [0.05, 0.1) is 25.2 Å². The molecule has 0 bridgehead atoms. The zero-order valence-electron chi connectivity index (χ0n) is 38.2. The molecule has 0 aromatic rings. The standard InChI is InChI=1S/C51H97NO5/c1-4-7-10-13-16-19-22-25-28-31-34-37-40-43-49(54)48(46-53)52-50(55)45-47(42-39-36-33-30-27-24-21-18-15-12-9-6-3)57-51(56)44-41-38-35-32-29-26-23-20-17-14-11-8-5-2/h26,29-30,33,47-49,53-54H,4-25,27-28,31-32,34-46H2,1-3H3,(H,52,55)/b29-26-,33-30-. The molecule has 0 heterocycles. The van der Waals surface area contributed by atoms with Gasteiger partial charge in [-0.05, 0) is 70.6 Å². The molecule has 0 aliphatic heterocycles. The fourth-order valence-electron chi connectivity index (χ4n) is 7.66. The number of carbonyl (C=O) groups is 2. The average Bonchev–Trinajstić information content (AvgIpc) is 3.20. The maximum absolute atomic E-state index is 13.2. The second-order valence-electron chi connectivity index (χ2n) is 17.2. The van der Waals surface area contributed by atoms with Crippen LogP contribution >= 0.6 is 0 Å². The van der Waals surface area contributed by atoms with E-state index in [0.29, 0.717) is 19.3 Å². The minimum Gasteiger partial charge on any atom is -0.462 e. The Labute approximate surface area is 354 Å². The van der Waals surface area contributed by atoms with Gasteiger partial charge in [-0.15, -0.1) is 0 Å². The quantitative estimate of drug-likeness (QED) is 0.0324. The van der Waals surface area contributed by atoms with Crippen molar-refractivity contribution in [2.75, 3.05) is 6.61 Å². The minimum absolute atomic E-state index is 0.0544. The Bertz CT molecular complexity index is 904. The lowest BCUT2D eigenvalue weighted by Gasteiger charge is -2.24. The number of carbonyl (C=O) groups excluding carboxylic acids is 2. The number of hydrogen-bond acceptors (Lipinski definition) is 5. The van der Waals surface area contributed by atoms with Crippen molar-refractivity contribution in [2.45, 2.75) is 283 Å². The van der Waals surface area contributed by atoms with Gasteiger partial charge in [0, 0.05) is 6.42 Å². The highest BCUT2D eigenvalue weighted by atomic mass is 16.5. The third-order valence-electron chi connectivity index (χ3n) is 11.5. The average molecular weight is 804 g/mol. The molecule has 6 heteroatoms. The highest BCUT2D eigenvalue weighted by Gasteiger charge is 2.24. The summed E-state index contributed by atoms with van der Waals surface area (Å²) in [6.07, 6.45) is 50.9. The largest absolute Gasteiger partial charge is 0.462 e. The van der Waals surface area contributed by atoms with E-state index in [0.717, 1.165) is 64.2 Å². The first-order chi connectivity index (χ1) is 28.0. The van der Waals surface area contributed by atoms with Gasteiger partial charge in [-0.2, -0.15) is 0 Å². The van der Waals surface area contributed by atoms with Crippen molar-refractivity contribution >= 4 is 11.9 Å². The molecule has 336 valence electrons. The molecule has 0 radical (unpaired) electrons. The number of amides is 1. The molecule has 0 aromatic carbocycles. The SMILES string of the molecule is CCCCCCCC/C=C\CCCCCC(=O)OC(CCC/C=C\CCCCCCCCC)CC(=O)NC(CO)C(O)CCCCCCCCCCCCCCC. The van der Waals surface area contributed by atoms with E-state index in [2.05, 4.69) is 50.4 Å². The molecule has 0 aliphatic carbocycles. The van der Waals surface area contributed by atoms with Gasteiger partial charge in [0.2, 0.25) is 5.91 Å². The van der Waals surface area contributed by atoms with Crippen LogP contribution in [0.2, 0.25) is 0 Å². The first-order valence-corrected chi connectivity index (χ1v) is 25.1. The summed E-state index contributed by atoms with van der Waals surface area (Å²) in [5, 5.41) is 23.7. The van der Waals surface area contributed by atoms with Crippen molar-refractivity contribution in [1.29, 1.82) is 0 Å². The summed E-state index contributed by atoms with van der Waals surface area (Å²) in [5.74, 6) is -0.513. The Hall–Kier alpha value is -1.66. The van der Waals surface area contributed by atoms with Crippen molar-refractivity contribution in [3.05, 3.63) is 24.3 Å². The number of aliphatic hydroxyl groups excluding tert-OH is 2. The highest BCUT2D eigenvalue weighted by Crippen LogP contribution is 2.17. The van der Waals surface area contributed by atoms with Gasteiger partial charge in [-0.25, -0.2) is 0 Å². The first kappa shape index (κ1) is 55.3. The molecule has 3 atom stereocenters. The van der Waals surface area contributed by atoms with Crippen molar-refractivity contribution in [1.82, 2.24) is 5.32 Å². The maximum Gasteiger partial charge on any atom is 0.306 e. The molecule has 57 heavy (non-hydrogen) atoms. The van der Waals surface area contributed by atoms with Gasteiger partial charge in [0.25, 0.3) is 0 Å². The minimum atomic E-state index is -0.792. The number of aliphatic hydroxyl groups is 2. The second kappa shape index (κ2) is 45.4. The molecule has 0 aliphatic rings. The van der Waals surface area contributed by atoms with Crippen LogP contribution in [0.5, 0.6) is 0 Å². The van der Waals surface area contributed by atoms with Gasteiger partial charge in [-0.1, -0.05) is 206 Å². The van der Waals surface area contributed by atoms with Crippen LogP contribution in [0.1, 0.15) is 265 Å². The Morgan fingerprint density at radius 1 is 0.491 bits per heavy atom. The molecule has 0 saturated heterocycles. The van der Waals surface area contributed by atoms with Crippen LogP contribution in [0.15, 0.2) is 24.3 Å². The topological polar surface area (TPSA) is 95.9 Å². The third kappa shape index (κ3) is 40.9. The van der Waals surface area contributed by atoms with E-state index >= 15 is 0 Å². The van der Waals surface area contributed by atoms with E-state index < -0.39 is 18.2 Å². The van der Waals surface area contributed by atoms with E-state index in [1.807, 2.05) is 0 Å². The van der Waals surface area contributed by atoms with E-state index in [1.165, 1.54) is 154 Å². The lowest BCUT2D eigenvalue weighted by Crippen LogP contribution is -2.46. The van der Waals surface area contributed by atoms with Gasteiger partial charge >= 0.3 is 5.97 Å². The summed E-state index contributed by atoms with van der Waals surface area (Å²) < 4.78 is 5.89. The number of rotatable bonds is 45. The Morgan fingerprint density at radius 3 is 1.28 bits per heavy atom. The molecule has 0 fully saturated rings. The molecular weight excluding hydrogens is 707 g/mol. The predicted octanol–water partition coefficient (Wildman–Crippen LogP) is 14.7. The van der Waals surface area contributed by atoms with Crippen LogP contribution in [0.4, 0.5) is 0 Å². The van der Waals surface area contributed by atoms with Crippen LogP contribution in [0.25, 0.3) is 0 Å². The number of esters is 1. The van der Waals surface area contributed by atoms with E-state index in [-0.39, 0.29) is 24.9 Å². The summed E-state index contributed by atoms with van der Waals surface area (Å²) in [6, 6.07) is -0.708. The van der Waals surface area contributed by atoms with Gasteiger partial charge in [-0.3, -0.25) is 9.59 Å². The molecule has 6 nitrogen and oxygen atoms in total. The van der Waals surface area contributed by atoms with Crippen molar-refractivity contribution in [3.8, 4) is 0 Å². The fourth-order valence-corrected chi connectivity index (χ4v) is 7.66. The molecule has 0 rings (SSSR count). The van der Waals surface area contributed by atoms with E-state index in [1.54, 1.807) is 0 Å². The molecule has 3 N–H and O–H groups in total. The third-order valence-corrected chi connectivity index (χ3v) is 11.5. The molecule has 0 spiro atoms. The van der Waals surface area contributed by atoms with Crippen LogP contribution < -0.4 is 5.32 Å². The molecular formula is C51H97NO5. The molecule has 3 unspecified atom stereocenters. The van der Waals surface area contributed by atoms with Crippen molar-refractivity contribution in [2.24, 2.45) is 0 Å². The Morgan fingerprint density at radius 2 is 0.860 bits per heavy atom. The first-order valence-electron chi connectivity index (χ1n) is 25.1. The molecule has 1 amide bonds. The van der Waals surface area contributed by atoms with Crippen LogP contribution in [-0.4, -0.2) is 46.9 Å². The summed E-state index contributed by atoms with van der Waals surface area (Å²) in [6.45, 7) is 6.46. The Balaban J connectivity index is 4.59. The zero-order chi connectivity index (χ0) is 41.7. The van der Waals surface area contributed by atoms with Crippen LogP contribution in [-0.2, 0) is 14.3 Å². The predicted molar refractivity (Wildman–Crippen MR) is 246 cm³/mol. The van der Waals surface area contributed by atoms with Gasteiger partial charge in [0.15, 0.2) is 0 Å². The summed E-state index contributed by atoms with van der Waals surface area (Å²) in [5.41, 5.74) is 0. The lowest BCUT2D eigenvalue weighted by atomic mass is 10.0. The number of nitrogens with one attached hydrogen (secondary N) is 1. The van der Waals surface area contributed by atoms with Crippen molar-refractivity contribution < 1.29 is 24.5 Å². The summed E-state index contributed by atoms with van der Waals surface area (Å²) in [4.78, 5) is 26.0. The highest BCUT2D eigenvalue weighted by molar-refractivity contribution is 5.77. The number of hydrogen-bond donors (Lipinski definition) is 3. The van der Waals surface area contributed by atoms with Gasteiger partial charge < -0.3 is 20.3 Å². The number of allylic oxidation sites excluding steroid dienone is 4. The van der Waals surface area contributed by atoms with Crippen LogP contribution in [0, 0.1) is 0 Å². The summed E-state index contributed by atoms with van der Waals surface area (Å²) >= 11 is 0. The molecule has 0 aromatic heterocycles. The molecule has 0 saturated carbocycles. The summed E-state index contributed by atoms with van der Waals surface area (Å²) in [7, 11) is 0. The van der Waals surface area contributed by atoms with E-state index in [9.17, 15) is 19.8 Å². The number of unbranched alkanes of at least 4 members (excludes halogenated alkanes) is 29.